The predicted molar refractivity (Wildman–Crippen MR) is 81.2 cm³/mol. The Kier molecular flexibility index (Phi) is 4.60. The van der Waals surface area contributed by atoms with Gasteiger partial charge in [0.2, 0.25) is 5.43 Å². The first-order valence-electron chi connectivity index (χ1n) is 5.33. The molecule has 0 aliphatic heterocycles. The Bertz CT molecular complexity index is 599. The Balaban J connectivity index is 2.23. The highest BCUT2D eigenvalue weighted by Gasteiger charge is 2.04. The van der Waals surface area contributed by atoms with E-state index in [-0.39, 0.29) is 5.43 Å². The van der Waals surface area contributed by atoms with Crippen molar-refractivity contribution in [2.24, 2.45) is 0 Å². The van der Waals surface area contributed by atoms with Crippen LogP contribution in [0.2, 0.25) is 5.02 Å². The Morgan fingerprint density at radius 2 is 1.83 bits per heavy atom. The second kappa shape index (κ2) is 6.20. The largest absolute Gasteiger partial charge is 0.485 e. The summed E-state index contributed by atoms with van der Waals surface area (Å²) in [4.78, 5) is 12.0. The van der Waals surface area contributed by atoms with Crippen LogP contribution in [0.5, 0.6) is 5.75 Å². The van der Waals surface area contributed by atoms with Gasteiger partial charge in [-0.2, -0.15) is 0 Å². The molecule has 0 atom stereocenters. The van der Waals surface area contributed by atoms with E-state index in [1.165, 1.54) is 0 Å². The van der Waals surface area contributed by atoms with Gasteiger partial charge < -0.3 is 4.74 Å². The predicted octanol–water partition coefficient (Wildman–Crippen LogP) is 3.88. The van der Waals surface area contributed by atoms with Crippen molar-refractivity contribution in [3.63, 3.8) is 0 Å². The third-order valence-corrected chi connectivity index (χ3v) is 3.37. The fourth-order valence-electron chi connectivity index (χ4n) is 1.43. The summed E-state index contributed by atoms with van der Waals surface area (Å²) in [6.07, 6.45) is 0. The van der Waals surface area contributed by atoms with Gasteiger partial charge in [-0.3, -0.25) is 4.79 Å². The second-order valence-electron chi connectivity index (χ2n) is 3.68. The molecule has 4 heteroatoms. The molecule has 0 aliphatic rings. The Hall–Kier alpha value is -1.07. The molecule has 0 amide bonds. The average molecular weight is 373 g/mol. The van der Waals surface area contributed by atoms with Gasteiger partial charge in [0.15, 0.2) is 5.75 Å². The summed E-state index contributed by atoms with van der Waals surface area (Å²) in [7, 11) is 0. The third-order valence-electron chi connectivity index (χ3n) is 2.34. The van der Waals surface area contributed by atoms with Gasteiger partial charge in [0, 0.05) is 5.02 Å². The first kappa shape index (κ1) is 13.4. The molecule has 2 nitrogen and oxygen atoms in total. The van der Waals surface area contributed by atoms with Gasteiger partial charge in [-0.15, -0.1) is 0 Å². The number of rotatable bonds is 3. The highest BCUT2D eigenvalue weighted by atomic mass is 127. The van der Waals surface area contributed by atoms with E-state index < -0.39 is 0 Å². The molecule has 0 heterocycles. The first-order valence-corrected chi connectivity index (χ1v) is 6.78. The zero-order chi connectivity index (χ0) is 13.0. The van der Waals surface area contributed by atoms with Gasteiger partial charge >= 0.3 is 0 Å². The Morgan fingerprint density at radius 1 is 1.11 bits per heavy atom. The molecule has 0 aromatic heterocycles. The van der Waals surface area contributed by atoms with Crippen LogP contribution in [-0.4, -0.2) is 0 Å². The van der Waals surface area contributed by atoms with Gasteiger partial charge in [-0.05, 0) is 46.4 Å². The van der Waals surface area contributed by atoms with E-state index in [4.69, 9.17) is 16.3 Å². The number of hydrogen-bond donors (Lipinski definition) is 0. The molecule has 0 aliphatic carbocycles. The Labute approximate surface area is 124 Å². The molecule has 18 heavy (non-hydrogen) atoms. The number of ether oxygens (including phenoxy) is 1. The zero-order valence-corrected chi connectivity index (χ0v) is 12.3. The molecule has 0 spiro atoms. The molecule has 0 saturated heterocycles. The summed E-state index contributed by atoms with van der Waals surface area (Å²) in [5.74, 6) is 0.315. The maximum atomic E-state index is 12.0. The van der Waals surface area contributed by atoms with Crippen LogP contribution in [0.25, 0.3) is 0 Å². The van der Waals surface area contributed by atoms with E-state index in [0.717, 1.165) is 5.56 Å². The minimum atomic E-state index is -0.140. The summed E-state index contributed by atoms with van der Waals surface area (Å²) in [6, 6.07) is 14.6. The summed E-state index contributed by atoms with van der Waals surface area (Å²) >= 11 is 7.85. The molecular formula is C14H10ClIO2. The van der Waals surface area contributed by atoms with E-state index in [1.54, 1.807) is 18.2 Å². The van der Waals surface area contributed by atoms with Gasteiger partial charge in [0.1, 0.15) is 6.61 Å². The highest BCUT2D eigenvalue weighted by Crippen LogP contribution is 2.14. The standard InChI is InChI=1S/C14H10ClIO2/c15-11-6-7-13(14(17)12(16)8-11)18-9-10-4-2-1-3-5-10/h1-8H,9H2. The molecule has 0 fully saturated rings. The fourth-order valence-corrected chi connectivity index (χ4v) is 2.39. The van der Waals surface area contributed by atoms with Gasteiger partial charge in [0.25, 0.3) is 0 Å². The van der Waals surface area contributed by atoms with Crippen LogP contribution < -0.4 is 10.2 Å². The van der Waals surface area contributed by atoms with Crippen LogP contribution in [-0.2, 0) is 6.61 Å². The van der Waals surface area contributed by atoms with E-state index in [2.05, 4.69) is 0 Å². The first-order chi connectivity index (χ1) is 8.66. The average Bonchev–Trinajstić information content (AvgIpc) is 2.50. The van der Waals surface area contributed by atoms with E-state index >= 15 is 0 Å². The van der Waals surface area contributed by atoms with Crippen LogP contribution in [0.1, 0.15) is 5.56 Å². The minimum Gasteiger partial charge on any atom is -0.485 e. The van der Waals surface area contributed by atoms with Crippen molar-refractivity contribution in [1.82, 2.24) is 0 Å². The lowest BCUT2D eigenvalue weighted by atomic mass is 10.2. The number of hydrogen-bond acceptors (Lipinski definition) is 2. The molecule has 2 rings (SSSR count). The van der Waals surface area contributed by atoms with Gasteiger partial charge in [-0.25, -0.2) is 0 Å². The fraction of sp³-hybridized carbons (Fsp3) is 0.0714. The van der Waals surface area contributed by atoms with Crippen molar-refractivity contribution in [2.75, 3.05) is 0 Å². The van der Waals surface area contributed by atoms with Crippen molar-refractivity contribution >= 4 is 34.2 Å². The molecule has 2 aromatic carbocycles. The van der Waals surface area contributed by atoms with Crippen LogP contribution in [0.3, 0.4) is 0 Å². The van der Waals surface area contributed by atoms with Crippen molar-refractivity contribution in [2.45, 2.75) is 6.61 Å². The second-order valence-corrected chi connectivity index (χ2v) is 5.28. The van der Waals surface area contributed by atoms with Crippen LogP contribution in [0.15, 0.2) is 53.3 Å². The summed E-state index contributed by atoms with van der Waals surface area (Å²) in [5, 5.41) is 0.520. The van der Waals surface area contributed by atoms with Gasteiger partial charge in [0.05, 0.1) is 3.57 Å². The maximum absolute atomic E-state index is 12.0. The van der Waals surface area contributed by atoms with E-state index in [1.807, 2.05) is 52.9 Å². The lowest BCUT2D eigenvalue weighted by molar-refractivity contribution is 0.303. The van der Waals surface area contributed by atoms with Crippen molar-refractivity contribution in [1.29, 1.82) is 0 Å². The molecule has 2 aromatic rings. The normalized spacial score (nSPS) is 10.1. The topological polar surface area (TPSA) is 26.3 Å². The van der Waals surface area contributed by atoms with E-state index in [0.29, 0.717) is 20.9 Å². The van der Waals surface area contributed by atoms with Crippen molar-refractivity contribution < 1.29 is 4.74 Å². The molecular weight excluding hydrogens is 363 g/mol. The Morgan fingerprint density at radius 3 is 2.56 bits per heavy atom. The third kappa shape index (κ3) is 3.46. The lowest BCUT2D eigenvalue weighted by Crippen LogP contribution is -2.07. The molecule has 0 saturated carbocycles. The molecule has 0 unspecified atom stereocenters. The summed E-state index contributed by atoms with van der Waals surface area (Å²) < 4.78 is 6.09. The molecule has 92 valence electrons. The van der Waals surface area contributed by atoms with Crippen LogP contribution in [0.4, 0.5) is 0 Å². The molecule has 0 bridgehead atoms. The smallest absolute Gasteiger partial charge is 0.233 e. The number of halogens is 2. The minimum absolute atomic E-state index is 0.140. The number of benzene rings is 1. The molecule has 0 N–H and O–H groups in total. The highest BCUT2D eigenvalue weighted by molar-refractivity contribution is 14.1. The van der Waals surface area contributed by atoms with E-state index in [9.17, 15) is 4.79 Å². The van der Waals surface area contributed by atoms with Crippen molar-refractivity contribution in [3.8, 4) is 5.75 Å². The van der Waals surface area contributed by atoms with Crippen LogP contribution in [0, 0.1) is 3.57 Å². The SMILES string of the molecule is O=c1c(I)cc(Cl)ccc1OCc1ccccc1. The summed E-state index contributed by atoms with van der Waals surface area (Å²) in [6.45, 7) is 0.369. The zero-order valence-electron chi connectivity index (χ0n) is 9.40. The lowest BCUT2D eigenvalue weighted by Gasteiger charge is -2.03. The monoisotopic (exact) mass is 372 g/mol. The quantitative estimate of drug-likeness (QED) is 0.764. The molecule has 0 radical (unpaired) electrons. The van der Waals surface area contributed by atoms with Gasteiger partial charge in [-0.1, -0.05) is 41.9 Å². The summed E-state index contributed by atoms with van der Waals surface area (Å²) in [5.41, 5.74) is 0.878. The van der Waals surface area contributed by atoms with Crippen LogP contribution >= 0.6 is 34.2 Å². The maximum Gasteiger partial charge on any atom is 0.233 e. The van der Waals surface area contributed by atoms with Crippen molar-refractivity contribution in [3.05, 3.63) is 72.9 Å².